The van der Waals surface area contributed by atoms with Crippen LogP contribution >= 0.6 is 11.9 Å². The Hall–Kier alpha value is -1.49. The maximum Gasteiger partial charge on any atom is 0.326 e. The third-order valence-electron chi connectivity index (χ3n) is 2.83. The minimum atomic E-state index is -0.192. The molecule has 0 unspecified atom stereocenters. The van der Waals surface area contributed by atoms with Gasteiger partial charge >= 0.3 is 5.24 Å². The van der Waals surface area contributed by atoms with E-state index in [0.29, 0.717) is 0 Å². The highest BCUT2D eigenvalue weighted by Crippen LogP contribution is 2.16. The van der Waals surface area contributed by atoms with Gasteiger partial charge in [-0.25, -0.2) is 0 Å². The van der Waals surface area contributed by atoms with Crippen molar-refractivity contribution in [1.29, 1.82) is 0 Å². The lowest BCUT2D eigenvalue weighted by Crippen LogP contribution is -2.32. The Kier molecular flexibility index (Phi) is 4.64. The van der Waals surface area contributed by atoms with Crippen LogP contribution in [0.2, 0.25) is 0 Å². The Balaban J connectivity index is 1.86. The highest BCUT2D eigenvalue weighted by Gasteiger charge is 2.14. The molecule has 1 aliphatic rings. The van der Waals surface area contributed by atoms with Crippen molar-refractivity contribution in [3.05, 3.63) is 30.3 Å². The van der Waals surface area contributed by atoms with E-state index in [2.05, 4.69) is 14.6 Å². The molecule has 0 saturated carbocycles. The highest BCUT2D eigenvalue weighted by atomic mass is 32.2. The molecule has 1 aromatic carbocycles. The lowest BCUT2D eigenvalue weighted by Gasteiger charge is -2.25. The third kappa shape index (κ3) is 3.77. The normalized spacial score (nSPS) is 17.8. The van der Waals surface area contributed by atoms with Crippen LogP contribution in [0.1, 0.15) is 19.3 Å². The van der Waals surface area contributed by atoms with Crippen LogP contribution in [0, 0.1) is 0 Å². The number of para-hydroxylation sites is 1. The first kappa shape index (κ1) is 13.0. The lowest BCUT2D eigenvalue weighted by atomic mass is 10.1. The van der Waals surface area contributed by atoms with E-state index in [1.165, 1.54) is 6.42 Å². The predicted octanol–water partition coefficient (Wildman–Crippen LogP) is 3.38. The summed E-state index contributed by atoms with van der Waals surface area (Å²) < 4.78 is 2.99. The van der Waals surface area contributed by atoms with E-state index in [0.717, 1.165) is 42.9 Å². The molecule has 1 amide bonds. The number of amides is 1. The molecule has 1 heterocycles. The second kappa shape index (κ2) is 6.44. The summed E-state index contributed by atoms with van der Waals surface area (Å²) in [5.74, 6) is 0.897. The summed E-state index contributed by atoms with van der Waals surface area (Å²) in [6.45, 7) is 0.989. The summed E-state index contributed by atoms with van der Waals surface area (Å²) >= 11 is 1.02. The van der Waals surface area contributed by atoms with Crippen molar-refractivity contribution in [2.75, 3.05) is 18.3 Å². The summed E-state index contributed by atoms with van der Waals surface area (Å²) in [5.41, 5.74) is 0.910. The van der Waals surface area contributed by atoms with E-state index in [1.807, 2.05) is 37.4 Å². The number of carbonyl (C=O) groups is 1. The molecule has 2 rings (SSSR count). The van der Waals surface area contributed by atoms with Gasteiger partial charge < -0.3 is 9.62 Å². The van der Waals surface area contributed by atoms with Gasteiger partial charge in [-0.1, -0.05) is 18.2 Å². The van der Waals surface area contributed by atoms with Crippen molar-refractivity contribution in [2.45, 2.75) is 19.3 Å². The molecule has 1 N–H and O–H groups in total. The molecule has 1 saturated heterocycles. The van der Waals surface area contributed by atoms with Crippen molar-refractivity contribution in [3.63, 3.8) is 0 Å². The van der Waals surface area contributed by atoms with Gasteiger partial charge in [0.05, 0.1) is 11.9 Å². The fourth-order valence-electron chi connectivity index (χ4n) is 1.83. The Bertz CT molecular complexity index is 433. The fraction of sp³-hybridized carbons (Fsp3) is 0.385. The number of aliphatic imine (C=N–C) groups is 1. The fourth-order valence-corrected chi connectivity index (χ4v) is 2.32. The zero-order valence-electron chi connectivity index (χ0n) is 10.4. The highest BCUT2D eigenvalue weighted by molar-refractivity contribution is 8.14. The minimum Gasteiger partial charge on any atom is -0.363 e. The average Bonchev–Trinajstić information content (AvgIpc) is 2.40. The van der Waals surface area contributed by atoms with Crippen molar-refractivity contribution < 1.29 is 4.79 Å². The first-order chi connectivity index (χ1) is 8.75. The van der Waals surface area contributed by atoms with E-state index >= 15 is 0 Å². The standard InChI is InChI=1S/C13H17N3OS/c1-16-10-6-5-9-12(16)14-13(17)18-15-11-7-3-2-4-8-11/h2-4,7-8,15H,5-6,9-10H2,1H3/b14-12+. The summed E-state index contributed by atoms with van der Waals surface area (Å²) in [6.07, 6.45) is 3.19. The van der Waals surface area contributed by atoms with Gasteiger partial charge in [-0.2, -0.15) is 4.99 Å². The molecule has 0 aromatic heterocycles. The molecule has 1 fully saturated rings. The largest absolute Gasteiger partial charge is 0.363 e. The Morgan fingerprint density at radius 1 is 1.33 bits per heavy atom. The van der Waals surface area contributed by atoms with Crippen molar-refractivity contribution in [3.8, 4) is 0 Å². The van der Waals surface area contributed by atoms with E-state index in [-0.39, 0.29) is 5.24 Å². The Labute approximate surface area is 112 Å². The molecule has 0 aliphatic carbocycles. The van der Waals surface area contributed by atoms with Crippen LogP contribution in [0.15, 0.2) is 35.3 Å². The summed E-state index contributed by atoms with van der Waals surface area (Å²) in [5, 5.41) is -0.192. The number of anilines is 1. The number of nitrogens with one attached hydrogen (secondary N) is 1. The Morgan fingerprint density at radius 2 is 2.11 bits per heavy atom. The van der Waals surface area contributed by atoms with E-state index in [1.54, 1.807) is 0 Å². The van der Waals surface area contributed by atoms with Gasteiger partial charge in [0.25, 0.3) is 0 Å². The molecular formula is C13H17N3OS. The quantitative estimate of drug-likeness (QED) is 0.831. The second-order valence-electron chi connectivity index (χ2n) is 4.24. The van der Waals surface area contributed by atoms with E-state index in [4.69, 9.17) is 0 Å². The van der Waals surface area contributed by atoms with Crippen molar-refractivity contribution >= 4 is 28.7 Å². The van der Waals surface area contributed by atoms with Gasteiger partial charge in [-0.05, 0) is 25.0 Å². The van der Waals surface area contributed by atoms with Crippen molar-refractivity contribution in [2.24, 2.45) is 4.99 Å². The molecule has 0 spiro atoms. The average molecular weight is 263 g/mol. The number of rotatable bonds is 2. The molecule has 5 heteroatoms. The predicted molar refractivity (Wildman–Crippen MR) is 77.0 cm³/mol. The zero-order valence-corrected chi connectivity index (χ0v) is 11.2. The maximum atomic E-state index is 11.7. The van der Waals surface area contributed by atoms with Crippen LogP contribution in [0.3, 0.4) is 0 Å². The number of hydrogen-bond acceptors (Lipinski definition) is 3. The number of likely N-dealkylation sites (tertiary alicyclic amines) is 1. The smallest absolute Gasteiger partial charge is 0.326 e. The second-order valence-corrected chi connectivity index (χ2v) is 5.00. The molecule has 4 nitrogen and oxygen atoms in total. The van der Waals surface area contributed by atoms with Gasteiger partial charge in [-0.3, -0.25) is 4.79 Å². The van der Waals surface area contributed by atoms with Crippen molar-refractivity contribution in [1.82, 2.24) is 4.90 Å². The van der Waals surface area contributed by atoms with Gasteiger partial charge in [0.2, 0.25) is 0 Å². The van der Waals surface area contributed by atoms with Crippen LogP contribution in [0.25, 0.3) is 0 Å². The number of carbonyl (C=O) groups excluding carboxylic acids is 1. The first-order valence-electron chi connectivity index (χ1n) is 6.06. The van der Waals surface area contributed by atoms with Gasteiger partial charge in [0.15, 0.2) is 0 Å². The molecule has 18 heavy (non-hydrogen) atoms. The van der Waals surface area contributed by atoms with Crippen LogP contribution < -0.4 is 4.72 Å². The monoisotopic (exact) mass is 263 g/mol. The molecular weight excluding hydrogens is 246 g/mol. The lowest BCUT2D eigenvalue weighted by molar-refractivity contribution is 0.267. The van der Waals surface area contributed by atoms with Gasteiger partial charge in [0, 0.05) is 25.7 Å². The van der Waals surface area contributed by atoms with Crippen LogP contribution in [-0.2, 0) is 0 Å². The van der Waals surface area contributed by atoms with Crippen LogP contribution in [0.5, 0.6) is 0 Å². The molecule has 96 valence electrons. The number of benzene rings is 1. The summed E-state index contributed by atoms with van der Waals surface area (Å²) in [7, 11) is 1.99. The molecule has 0 radical (unpaired) electrons. The van der Waals surface area contributed by atoms with Gasteiger partial charge in [0.1, 0.15) is 5.84 Å². The minimum absolute atomic E-state index is 0.192. The third-order valence-corrected chi connectivity index (χ3v) is 3.44. The van der Waals surface area contributed by atoms with Crippen LogP contribution in [0.4, 0.5) is 10.5 Å². The summed E-state index contributed by atoms with van der Waals surface area (Å²) in [6, 6.07) is 9.62. The number of hydrogen-bond donors (Lipinski definition) is 1. The zero-order chi connectivity index (χ0) is 12.8. The topological polar surface area (TPSA) is 44.7 Å². The number of nitrogens with zero attached hydrogens (tertiary/aromatic N) is 2. The molecule has 0 atom stereocenters. The summed E-state index contributed by atoms with van der Waals surface area (Å²) in [4.78, 5) is 17.9. The molecule has 1 aliphatic heterocycles. The van der Waals surface area contributed by atoms with Crippen LogP contribution in [-0.4, -0.2) is 29.6 Å². The van der Waals surface area contributed by atoms with E-state index in [9.17, 15) is 4.79 Å². The SMILES string of the molecule is CN1CCCC/C1=N\C(=O)SNc1ccccc1. The molecule has 1 aromatic rings. The van der Waals surface area contributed by atoms with E-state index < -0.39 is 0 Å². The number of piperidine rings is 1. The Morgan fingerprint density at radius 3 is 2.83 bits per heavy atom. The number of amidine groups is 1. The molecule has 0 bridgehead atoms. The first-order valence-corrected chi connectivity index (χ1v) is 6.88. The maximum absolute atomic E-state index is 11.7. The van der Waals surface area contributed by atoms with Gasteiger partial charge in [-0.15, -0.1) is 0 Å².